The molecule has 0 saturated carbocycles. The maximum atomic E-state index is 4.17. The number of hydrogen-bond donors (Lipinski definition) is 1. The van der Waals surface area contributed by atoms with Crippen LogP contribution in [0.15, 0.2) is 6.20 Å². The van der Waals surface area contributed by atoms with Crippen LogP contribution in [-0.4, -0.2) is 45.1 Å². The summed E-state index contributed by atoms with van der Waals surface area (Å²) in [6, 6.07) is 1.06. The molecule has 0 aliphatic carbocycles. The first-order valence-corrected chi connectivity index (χ1v) is 6.89. The molecule has 0 radical (unpaired) electrons. The molecule has 0 saturated heterocycles. The molecular weight excluding hydrogens is 226 g/mol. The van der Waals surface area contributed by atoms with E-state index in [0.717, 1.165) is 31.9 Å². The van der Waals surface area contributed by atoms with Gasteiger partial charge in [-0.15, -0.1) is 5.10 Å². The summed E-state index contributed by atoms with van der Waals surface area (Å²) >= 11 is 0. The van der Waals surface area contributed by atoms with Gasteiger partial charge in [0.2, 0.25) is 0 Å². The van der Waals surface area contributed by atoms with Gasteiger partial charge in [-0.2, -0.15) is 0 Å². The second kappa shape index (κ2) is 7.48. The number of nitrogens with one attached hydrogen (secondary N) is 1. The summed E-state index contributed by atoms with van der Waals surface area (Å²) in [6.07, 6.45) is 2.03. The Labute approximate surface area is 111 Å². The molecule has 0 atom stereocenters. The SMILES string of the molecule is CCN(CCn1cc(CNC(C)C)nn1)C(C)C. The van der Waals surface area contributed by atoms with E-state index in [2.05, 4.69) is 55.1 Å². The van der Waals surface area contributed by atoms with E-state index >= 15 is 0 Å². The summed E-state index contributed by atoms with van der Waals surface area (Å²) in [5, 5.41) is 11.7. The zero-order valence-electron chi connectivity index (χ0n) is 12.3. The number of aromatic nitrogens is 3. The molecule has 0 amide bonds. The van der Waals surface area contributed by atoms with Crippen LogP contribution in [-0.2, 0) is 13.1 Å². The molecule has 1 aromatic rings. The van der Waals surface area contributed by atoms with Gasteiger partial charge in [0, 0.05) is 31.4 Å². The Morgan fingerprint density at radius 1 is 1.33 bits per heavy atom. The average Bonchev–Trinajstić information content (AvgIpc) is 2.75. The predicted molar refractivity (Wildman–Crippen MR) is 74.4 cm³/mol. The van der Waals surface area contributed by atoms with Crippen molar-refractivity contribution in [2.24, 2.45) is 0 Å². The van der Waals surface area contributed by atoms with E-state index in [1.807, 2.05) is 10.9 Å². The van der Waals surface area contributed by atoms with Crippen LogP contribution in [0.3, 0.4) is 0 Å². The smallest absolute Gasteiger partial charge is 0.0964 e. The molecule has 18 heavy (non-hydrogen) atoms. The van der Waals surface area contributed by atoms with Crippen LogP contribution < -0.4 is 5.32 Å². The molecule has 0 aliphatic rings. The van der Waals surface area contributed by atoms with Gasteiger partial charge >= 0.3 is 0 Å². The van der Waals surface area contributed by atoms with E-state index in [9.17, 15) is 0 Å². The Kier molecular flexibility index (Phi) is 6.29. The largest absolute Gasteiger partial charge is 0.309 e. The van der Waals surface area contributed by atoms with Crippen molar-refractivity contribution in [3.05, 3.63) is 11.9 Å². The zero-order chi connectivity index (χ0) is 13.5. The monoisotopic (exact) mass is 253 g/mol. The van der Waals surface area contributed by atoms with Gasteiger partial charge < -0.3 is 5.32 Å². The van der Waals surface area contributed by atoms with Gasteiger partial charge in [-0.3, -0.25) is 9.58 Å². The van der Waals surface area contributed by atoms with Crippen LogP contribution in [0.1, 0.15) is 40.3 Å². The fraction of sp³-hybridized carbons (Fsp3) is 0.846. The summed E-state index contributed by atoms with van der Waals surface area (Å²) in [6.45, 7) is 14.7. The van der Waals surface area contributed by atoms with Gasteiger partial charge in [-0.1, -0.05) is 26.0 Å². The number of likely N-dealkylation sites (N-methyl/N-ethyl adjacent to an activating group) is 1. The molecule has 5 heteroatoms. The summed E-state index contributed by atoms with van der Waals surface area (Å²) in [7, 11) is 0. The average molecular weight is 253 g/mol. The molecule has 1 heterocycles. The summed E-state index contributed by atoms with van der Waals surface area (Å²) in [5.74, 6) is 0. The Morgan fingerprint density at radius 3 is 2.61 bits per heavy atom. The van der Waals surface area contributed by atoms with Crippen LogP contribution in [0.2, 0.25) is 0 Å². The number of rotatable bonds is 8. The summed E-state index contributed by atoms with van der Waals surface area (Å²) in [5.41, 5.74) is 1.01. The highest BCUT2D eigenvalue weighted by Gasteiger charge is 2.07. The normalized spacial score (nSPS) is 12.0. The van der Waals surface area contributed by atoms with Crippen molar-refractivity contribution < 1.29 is 0 Å². The Morgan fingerprint density at radius 2 is 2.06 bits per heavy atom. The van der Waals surface area contributed by atoms with Gasteiger partial charge in [0.15, 0.2) is 0 Å². The highest BCUT2D eigenvalue weighted by atomic mass is 15.4. The quantitative estimate of drug-likeness (QED) is 0.763. The predicted octanol–water partition coefficient (Wildman–Crippen LogP) is 1.51. The molecule has 0 fully saturated rings. The lowest BCUT2D eigenvalue weighted by Gasteiger charge is -2.24. The molecular formula is C13H27N5. The van der Waals surface area contributed by atoms with Crippen LogP contribution in [0, 0.1) is 0 Å². The molecule has 1 rings (SSSR count). The van der Waals surface area contributed by atoms with E-state index in [4.69, 9.17) is 0 Å². The Bertz CT molecular complexity index is 332. The Hall–Kier alpha value is -0.940. The minimum absolute atomic E-state index is 0.478. The molecule has 5 nitrogen and oxygen atoms in total. The molecule has 0 bridgehead atoms. The molecule has 0 aromatic carbocycles. The molecule has 0 aliphatic heterocycles. The Balaban J connectivity index is 2.39. The lowest BCUT2D eigenvalue weighted by molar-refractivity contribution is 0.220. The van der Waals surface area contributed by atoms with E-state index in [1.165, 1.54) is 0 Å². The van der Waals surface area contributed by atoms with Gasteiger partial charge in [-0.05, 0) is 20.4 Å². The van der Waals surface area contributed by atoms with Gasteiger partial charge in [0.1, 0.15) is 0 Å². The highest BCUT2D eigenvalue weighted by Crippen LogP contribution is 1.99. The first kappa shape index (κ1) is 15.1. The third-order valence-electron chi connectivity index (χ3n) is 3.03. The second-order valence-electron chi connectivity index (χ2n) is 5.23. The number of hydrogen-bond acceptors (Lipinski definition) is 4. The van der Waals surface area contributed by atoms with Crippen molar-refractivity contribution in [3.63, 3.8) is 0 Å². The fourth-order valence-electron chi connectivity index (χ4n) is 1.85. The van der Waals surface area contributed by atoms with Crippen molar-refractivity contribution in [1.82, 2.24) is 25.2 Å². The molecule has 0 unspecified atom stereocenters. The zero-order valence-corrected chi connectivity index (χ0v) is 12.3. The van der Waals surface area contributed by atoms with E-state index in [-0.39, 0.29) is 0 Å². The van der Waals surface area contributed by atoms with Gasteiger partial charge in [-0.25, -0.2) is 0 Å². The lowest BCUT2D eigenvalue weighted by Crippen LogP contribution is -2.33. The molecule has 104 valence electrons. The van der Waals surface area contributed by atoms with Crippen LogP contribution in [0.4, 0.5) is 0 Å². The van der Waals surface area contributed by atoms with Crippen molar-refractivity contribution in [3.8, 4) is 0 Å². The van der Waals surface area contributed by atoms with E-state index < -0.39 is 0 Å². The highest BCUT2D eigenvalue weighted by molar-refractivity contribution is 4.91. The minimum Gasteiger partial charge on any atom is -0.309 e. The van der Waals surface area contributed by atoms with Crippen LogP contribution in [0.25, 0.3) is 0 Å². The van der Waals surface area contributed by atoms with Crippen LogP contribution in [0.5, 0.6) is 0 Å². The minimum atomic E-state index is 0.478. The van der Waals surface area contributed by atoms with Crippen molar-refractivity contribution in [2.75, 3.05) is 13.1 Å². The van der Waals surface area contributed by atoms with Crippen molar-refractivity contribution >= 4 is 0 Å². The third-order valence-corrected chi connectivity index (χ3v) is 3.03. The van der Waals surface area contributed by atoms with Gasteiger partial charge in [0.25, 0.3) is 0 Å². The van der Waals surface area contributed by atoms with E-state index in [1.54, 1.807) is 0 Å². The first-order valence-electron chi connectivity index (χ1n) is 6.89. The van der Waals surface area contributed by atoms with Crippen molar-refractivity contribution in [1.29, 1.82) is 0 Å². The van der Waals surface area contributed by atoms with Crippen molar-refractivity contribution in [2.45, 2.75) is 59.8 Å². The molecule has 1 aromatic heterocycles. The number of nitrogens with zero attached hydrogens (tertiary/aromatic N) is 4. The lowest BCUT2D eigenvalue weighted by atomic mass is 10.3. The second-order valence-corrected chi connectivity index (χ2v) is 5.23. The summed E-state index contributed by atoms with van der Waals surface area (Å²) in [4.78, 5) is 2.42. The topological polar surface area (TPSA) is 46.0 Å². The first-order chi connectivity index (χ1) is 8.52. The molecule has 0 spiro atoms. The summed E-state index contributed by atoms with van der Waals surface area (Å²) < 4.78 is 1.93. The third kappa shape index (κ3) is 5.14. The van der Waals surface area contributed by atoms with Crippen LogP contribution >= 0.6 is 0 Å². The standard InChI is InChI=1S/C13H27N5/c1-6-17(12(4)5)7-8-18-10-13(15-16-18)9-14-11(2)3/h10-12,14H,6-9H2,1-5H3. The maximum absolute atomic E-state index is 4.17. The van der Waals surface area contributed by atoms with Gasteiger partial charge in [0.05, 0.1) is 12.2 Å². The fourth-order valence-corrected chi connectivity index (χ4v) is 1.85. The maximum Gasteiger partial charge on any atom is 0.0964 e. The molecule has 1 N–H and O–H groups in total. The van der Waals surface area contributed by atoms with E-state index in [0.29, 0.717) is 12.1 Å².